The number of rotatable bonds is 14. The van der Waals surface area contributed by atoms with Crippen LogP contribution in [0.15, 0.2) is 30.3 Å². The summed E-state index contributed by atoms with van der Waals surface area (Å²) in [5, 5.41) is 6.02. The molecule has 3 amide bonds. The SMILES string of the molecule is CCCCN(C)C(=O)[C@H](CC1CCCCC1)NC(=O)[C@H](CC(C)C)NC(=O)CCc1ccccc1. The number of carbonyl (C=O) groups excluding carboxylic acids is 3. The second kappa shape index (κ2) is 15.6. The molecule has 35 heavy (non-hydrogen) atoms. The van der Waals surface area contributed by atoms with Crippen LogP contribution >= 0.6 is 0 Å². The van der Waals surface area contributed by atoms with E-state index in [2.05, 4.69) is 17.6 Å². The second-order valence-electron chi connectivity index (χ2n) is 10.6. The van der Waals surface area contributed by atoms with Crippen LogP contribution in [-0.4, -0.2) is 48.3 Å². The topological polar surface area (TPSA) is 78.5 Å². The first-order chi connectivity index (χ1) is 16.8. The van der Waals surface area contributed by atoms with Gasteiger partial charge < -0.3 is 15.5 Å². The third kappa shape index (κ3) is 10.8. The molecule has 0 bridgehead atoms. The molecule has 2 atom stereocenters. The van der Waals surface area contributed by atoms with E-state index in [1.165, 1.54) is 19.3 Å². The van der Waals surface area contributed by atoms with Crippen molar-refractivity contribution in [2.75, 3.05) is 13.6 Å². The van der Waals surface area contributed by atoms with Crippen LogP contribution in [0.4, 0.5) is 0 Å². The molecule has 1 aliphatic rings. The molecule has 0 aromatic heterocycles. The molecule has 1 saturated carbocycles. The van der Waals surface area contributed by atoms with E-state index in [-0.39, 0.29) is 23.6 Å². The molecule has 6 heteroatoms. The lowest BCUT2D eigenvalue weighted by Crippen LogP contribution is -2.54. The number of likely N-dealkylation sites (N-methyl/N-ethyl adjacent to an activating group) is 1. The quantitative estimate of drug-likeness (QED) is 0.395. The molecule has 6 nitrogen and oxygen atoms in total. The fraction of sp³-hybridized carbons (Fsp3) is 0.690. The van der Waals surface area contributed by atoms with Crippen molar-refractivity contribution in [3.63, 3.8) is 0 Å². The zero-order valence-corrected chi connectivity index (χ0v) is 22.4. The maximum absolute atomic E-state index is 13.4. The first kappa shape index (κ1) is 28.9. The van der Waals surface area contributed by atoms with Gasteiger partial charge in [-0.25, -0.2) is 0 Å². The Hall–Kier alpha value is -2.37. The second-order valence-corrected chi connectivity index (χ2v) is 10.6. The highest BCUT2D eigenvalue weighted by molar-refractivity contribution is 5.92. The zero-order chi connectivity index (χ0) is 25.6. The lowest BCUT2D eigenvalue weighted by molar-refractivity contribution is -0.137. The van der Waals surface area contributed by atoms with Gasteiger partial charge in [0.25, 0.3) is 0 Å². The first-order valence-corrected chi connectivity index (χ1v) is 13.7. The summed E-state index contributed by atoms with van der Waals surface area (Å²) in [6, 6.07) is 8.71. The monoisotopic (exact) mass is 485 g/mol. The molecule has 196 valence electrons. The van der Waals surface area contributed by atoms with Crippen molar-refractivity contribution >= 4 is 17.7 Å². The fourth-order valence-corrected chi connectivity index (χ4v) is 4.89. The third-order valence-corrected chi connectivity index (χ3v) is 6.97. The molecule has 0 aliphatic heterocycles. The fourth-order valence-electron chi connectivity index (χ4n) is 4.89. The number of carbonyl (C=O) groups is 3. The molecule has 0 radical (unpaired) electrons. The summed E-state index contributed by atoms with van der Waals surface area (Å²) >= 11 is 0. The number of nitrogens with zero attached hydrogens (tertiary/aromatic N) is 1. The van der Waals surface area contributed by atoms with Crippen LogP contribution in [-0.2, 0) is 20.8 Å². The maximum Gasteiger partial charge on any atom is 0.244 e. The van der Waals surface area contributed by atoms with E-state index in [0.29, 0.717) is 38.1 Å². The van der Waals surface area contributed by atoms with Crippen LogP contribution in [0.2, 0.25) is 0 Å². The Morgan fingerprint density at radius 3 is 2.31 bits per heavy atom. The van der Waals surface area contributed by atoms with Crippen LogP contribution in [0.3, 0.4) is 0 Å². The minimum atomic E-state index is -0.638. The van der Waals surface area contributed by atoms with Crippen molar-refractivity contribution in [2.24, 2.45) is 11.8 Å². The van der Waals surface area contributed by atoms with E-state index in [1.807, 2.05) is 51.2 Å². The molecular weight excluding hydrogens is 438 g/mol. The molecule has 1 aliphatic carbocycles. The van der Waals surface area contributed by atoms with E-state index in [4.69, 9.17) is 0 Å². The molecule has 0 spiro atoms. The van der Waals surface area contributed by atoms with Gasteiger partial charge in [-0.15, -0.1) is 0 Å². The van der Waals surface area contributed by atoms with Gasteiger partial charge in [-0.2, -0.15) is 0 Å². The van der Waals surface area contributed by atoms with Crippen LogP contribution in [0.1, 0.15) is 90.5 Å². The lowest BCUT2D eigenvalue weighted by atomic mass is 9.84. The van der Waals surface area contributed by atoms with Gasteiger partial charge in [0.1, 0.15) is 12.1 Å². The minimum absolute atomic E-state index is 0.0175. The van der Waals surface area contributed by atoms with Gasteiger partial charge in [0.15, 0.2) is 0 Å². The number of aryl methyl sites for hydroxylation is 1. The summed E-state index contributed by atoms with van der Waals surface area (Å²) in [4.78, 5) is 41.2. The molecule has 2 rings (SSSR count). The van der Waals surface area contributed by atoms with E-state index < -0.39 is 12.1 Å². The van der Waals surface area contributed by atoms with Crippen molar-refractivity contribution in [3.8, 4) is 0 Å². The Morgan fingerprint density at radius 1 is 1.00 bits per heavy atom. The van der Waals surface area contributed by atoms with Crippen molar-refractivity contribution < 1.29 is 14.4 Å². The van der Waals surface area contributed by atoms with Gasteiger partial charge in [-0.05, 0) is 43.1 Å². The Morgan fingerprint density at radius 2 is 1.69 bits per heavy atom. The Kier molecular flexibility index (Phi) is 12.9. The van der Waals surface area contributed by atoms with E-state index >= 15 is 0 Å². The third-order valence-electron chi connectivity index (χ3n) is 6.97. The van der Waals surface area contributed by atoms with E-state index in [0.717, 1.165) is 31.2 Å². The maximum atomic E-state index is 13.4. The molecular formula is C29H47N3O3. The summed E-state index contributed by atoms with van der Waals surface area (Å²) in [6.07, 6.45) is 10.0. The van der Waals surface area contributed by atoms with Crippen LogP contribution in [0.25, 0.3) is 0 Å². The van der Waals surface area contributed by atoms with Crippen LogP contribution < -0.4 is 10.6 Å². The summed E-state index contributed by atoms with van der Waals surface area (Å²) < 4.78 is 0. The normalized spacial score (nSPS) is 15.9. The number of amides is 3. The summed E-state index contributed by atoms with van der Waals surface area (Å²) in [5.74, 6) is 0.298. The first-order valence-electron chi connectivity index (χ1n) is 13.7. The Balaban J connectivity index is 2.05. The number of hydrogen-bond acceptors (Lipinski definition) is 3. The molecule has 2 N–H and O–H groups in total. The summed E-state index contributed by atoms with van der Waals surface area (Å²) in [6.45, 7) is 6.88. The van der Waals surface area contributed by atoms with Crippen molar-refractivity contribution in [1.82, 2.24) is 15.5 Å². The highest BCUT2D eigenvalue weighted by Gasteiger charge is 2.31. The van der Waals surface area contributed by atoms with Gasteiger partial charge in [-0.1, -0.05) is 89.6 Å². The van der Waals surface area contributed by atoms with Crippen LogP contribution in [0.5, 0.6) is 0 Å². The number of benzene rings is 1. The van der Waals surface area contributed by atoms with Crippen molar-refractivity contribution in [2.45, 2.75) is 103 Å². The summed E-state index contributed by atoms with van der Waals surface area (Å²) in [5.41, 5.74) is 1.10. The Labute approximate surface area is 212 Å². The number of nitrogens with one attached hydrogen (secondary N) is 2. The van der Waals surface area contributed by atoms with Crippen molar-refractivity contribution in [1.29, 1.82) is 0 Å². The average molecular weight is 486 g/mol. The van der Waals surface area contributed by atoms with Crippen LogP contribution in [0, 0.1) is 11.8 Å². The smallest absolute Gasteiger partial charge is 0.244 e. The number of hydrogen-bond donors (Lipinski definition) is 2. The van der Waals surface area contributed by atoms with E-state index in [9.17, 15) is 14.4 Å². The predicted octanol–water partition coefficient (Wildman–Crippen LogP) is 4.86. The lowest BCUT2D eigenvalue weighted by Gasteiger charge is -2.31. The van der Waals surface area contributed by atoms with Gasteiger partial charge in [0.2, 0.25) is 17.7 Å². The van der Waals surface area contributed by atoms with E-state index in [1.54, 1.807) is 4.90 Å². The van der Waals surface area contributed by atoms with Crippen molar-refractivity contribution in [3.05, 3.63) is 35.9 Å². The standard InChI is InChI=1S/C29H47N3O3/c1-5-6-19-32(4)29(35)26(21-24-15-11-8-12-16-24)31-28(34)25(20-22(2)3)30-27(33)18-17-23-13-9-7-10-14-23/h7,9-10,13-14,22,24-26H,5-6,8,11-12,15-21H2,1-4H3,(H,30,33)(H,31,34)/t25-,26-/m0/s1. The predicted molar refractivity (Wildman–Crippen MR) is 142 cm³/mol. The zero-order valence-electron chi connectivity index (χ0n) is 22.4. The molecule has 1 aromatic carbocycles. The Bertz CT molecular complexity index is 775. The van der Waals surface area contributed by atoms with Gasteiger partial charge in [-0.3, -0.25) is 14.4 Å². The van der Waals surface area contributed by atoms with Gasteiger partial charge in [0, 0.05) is 20.0 Å². The molecule has 1 aromatic rings. The molecule has 0 saturated heterocycles. The minimum Gasteiger partial charge on any atom is -0.344 e. The largest absolute Gasteiger partial charge is 0.344 e. The molecule has 1 fully saturated rings. The molecule has 0 unspecified atom stereocenters. The highest BCUT2D eigenvalue weighted by atomic mass is 16.2. The number of unbranched alkanes of at least 4 members (excludes halogenated alkanes) is 1. The van der Waals surface area contributed by atoms with Gasteiger partial charge >= 0.3 is 0 Å². The van der Waals surface area contributed by atoms with Gasteiger partial charge in [0.05, 0.1) is 0 Å². The average Bonchev–Trinajstić information content (AvgIpc) is 2.85. The molecule has 0 heterocycles. The highest BCUT2D eigenvalue weighted by Crippen LogP contribution is 2.28. The summed E-state index contributed by atoms with van der Waals surface area (Å²) in [7, 11) is 1.83.